The van der Waals surface area contributed by atoms with Crippen LogP contribution >= 0.6 is 0 Å². The van der Waals surface area contributed by atoms with E-state index in [-0.39, 0.29) is 0 Å². The number of ether oxygens (including phenoxy) is 1. The molecule has 1 N–H and O–H groups in total. The zero-order chi connectivity index (χ0) is 22.0. The molecule has 5 rings (SSSR count). The second kappa shape index (κ2) is 9.27. The van der Waals surface area contributed by atoms with Gasteiger partial charge in [0.25, 0.3) is 0 Å². The van der Waals surface area contributed by atoms with Crippen molar-refractivity contribution in [3.8, 4) is 5.75 Å². The number of carbonyl (C=O) groups is 1. The minimum absolute atomic E-state index is 0.371. The molecule has 4 nitrogen and oxygen atoms in total. The van der Waals surface area contributed by atoms with Crippen LogP contribution in [0.5, 0.6) is 5.75 Å². The van der Waals surface area contributed by atoms with Crippen LogP contribution in [0.25, 0.3) is 0 Å². The number of piperidine rings is 1. The quantitative estimate of drug-likeness (QED) is 0.643. The molecular weight excluding hydrogens is 398 g/mol. The molecule has 3 aliphatic rings. The number of aliphatic carboxylic acids is 1. The minimum Gasteiger partial charge on any atom is -0.489 e. The van der Waals surface area contributed by atoms with Gasteiger partial charge in [0.05, 0.1) is 5.41 Å². The lowest BCUT2D eigenvalue weighted by atomic mass is 9.71. The molecule has 2 heterocycles. The number of hydrogen-bond donors (Lipinski definition) is 1. The molecule has 0 bridgehead atoms. The first-order valence-corrected chi connectivity index (χ1v) is 12.4. The van der Waals surface area contributed by atoms with E-state index >= 15 is 0 Å². The predicted octanol–water partition coefficient (Wildman–Crippen LogP) is 5.85. The summed E-state index contributed by atoms with van der Waals surface area (Å²) in [5, 5.41) is 9.91. The summed E-state index contributed by atoms with van der Waals surface area (Å²) < 4.78 is 6.19. The van der Waals surface area contributed by atoms with Crippen molar-refractivity contribution in [2.45, 2.75) is 63.9 Å². The van der Waals surface area contributed by atoms with E-state index in [2.05, 4.69) is 53.4 Å². The Bertz CT molecular complexity index is 894. The Balaban J connectivity index is 1.29. The fraction of sp³-hybridized carbons (Fsp3) is 0.536. The summed E-state index contributed by atoms with van der Waals surface area (Å²) >= 11 is 0. The van der Waals surface area contributed by atoms with E-state index < -0.39 is 11.4 Å². The first-order valence-electron chi connectivity index (χ1n) is 12.4. The van der Waals surface area contributed by atoms with E-state index in [1.807, 2.05) is 0 Å². The highest BCUT2D eigenvalue weighted by Gasteiger charge is 2.40. The molecule has 0 amide bonds. The Kier molecular flexibility index (Phi) is 6.23. The number of rotatable bonds is 5. The van der Waals surface area contributed by atoms with Crippen molar-refractivity contribution >= 4 is 5.97 Å². The van der Waals surface area contributed by atoms with Crippen molar-refractivity contribution in [2.24, 2.45) is 11.3 Å². The molecule has 1 saturated heterocycles. The fourth-order valence-corrected chi connectivity index (χ4v) is 6.35. The van der Waals surface area contributed by atoms with Gasteiger partial charge in [-0.05, 0) is 74.8 Å². The second-order valence-corrected chi connectivity index (χ2v) is 10.1. The number of carboxylic acids is 1. The monoisotopic (exact) mass is 433 g/mol. The SMILES string of the molecule is O=C(O)C1(CCN2CCC(C3c4ccccc4COc4ccccc43)CC2)CCCCC1. The molecule has 0 spiro atoms. The van der Waals surface area contributed by atoms with Gasteiger partial charge >= 0.3 is 5.97 Å². The molecule has 4 heteroatoms. The van der Waals surface area contributed by atoms with Gasteiger partial charge in [-0.15, -0.1) is 0 Å². The van der Waals surface area contributed by atoms with E-state index in [0.717, 1.165) is 70.3 Å². The Morgan fingerprint density at radius 1 is 0.969 bits per heavy atom. The number of nitrogens with zero attached hydrogens (tertiary/aromatic N) is 1. The van der Waals surface area contributed by atoms with Crippen molar-refractivity contribution in [2.75, 3.05) is 19.6 Å². The molecule has 1 saturated carbocycles. The maximum absolute atomic E-state index is 12.0. The second-order valence-electron chi connectivity index (χ2n) is 10.1. The van der Waals surface area contributed by atoms with Gasteiger partial charge in [-0.25, -0.2) is 0 Å². The van der Waals surface area contributed by atoms with Gasteiger partial charge in [0.1, 0.15) is 12.4 Å². The lowest BCUT2D eigenvalue weighted by Crippen LogP contribution is -2.41. The van der Waals surface area contributed by atoms with Crippen molar-refractivity contribution in [1.29, 1.82) is 0 Å². The standard InChI is InChI=1S/C28H35NO3/c30-27(31)28(14-6-1-7-15-28)16-19-29-17-12-21(13-18-29)26-23-9-3-2-8-22(23)20-32-25-11-5-4-10-24(25)26/h2-5,8-11,21,26H,1,6-7,12-20H2,(H,30,31). The molecule has 2 aromatic rings. The van der Waals surface area contributed by atoms with Gasteiger partial charge in [0.2, 0.25) is 0 Å². The highest BCUT2D eigenvalue weighted by Crippen LogP contribution is 2.45. The summed E-state index contributed by atoms with van der Waals surface area (Å²) in [5.74, 6) is 1.41. The summed E-state index contributed by atoms with van der Waals surface area (Å²) in [6.45, 7) is 3.67. The van der Waals surface area contributed by atoms with Gasteiger partial charge in [0.15, 0.2) is 0 Å². The van der Waals surface area contributed by atoms with Crippen LogP contribution in [0.3, 0.4) is 0 Å². The molecule has 170 valence electrons. The van der Waals surface area contributed by atoms with E-state index in [0.29, 0.717) is 18.4 Å². The fourth-order valence-electron chi connectivity index (χ4n) is 6.35. The van der Waals surface area contributed by atoms with Gasteiger partial charge in [-0.2, -0.15) is 0 Å². The smallest absolute Gasteiger partial charge is 0.309 e. The average molecular weight is 434 g/mol. The molecule has 2 fully saturated rings. The van der Waals surface area contributed by atoms with Crippen LogP contribution in [0.1, 0.15) is 74.0 Å². The molecule has 1 aliphatic carbocycles. The predicted molar refractivity (Wildman–Crippen MR) is 126 cm³/mol. The van der Waals surface area contributed by atoms with Crippen molar-refractivity contribution < 1.29 is 14.6 Å². The van der Waals surface area contributed by atoms with Gasteiger partial charge < -0.3 is 14.7 Å². The number of carboxylic acid groups (broad SMARTS) is 1. The largest absolute Gasteiger partial charge is 0.489 e. The Morgan fingerprint density at radius 3 is 2.41 bits per heavy atom. The van der Waals surface area contributed by atoms with Gasteiger partial charge in [-0.1, -0.05) is 61.7 Å². The van der Waals surface area contributed by atoms with Gasteiger partial charge in [-0.3, -0.25) is 4.79 Å². The molecule has 2 aromatic carbocycles. The van der Waals surface area contributed by atoms with E-state index in [4.69, 9.17) is 4.74 Å². The highest BCUT2D eigenvalue weighted by molar-refractivity contribution is 5.74. The summed E-state index contributed by atoms with van der Waals surface area (Å²) in [4.78, 5) is 14.6. The van der Waals surface area contributed by atoms with Gasteiger partial charge in [0, 0.05) is 11.5 Å². The topological polar surface area (TPSA) is 49.8 Å². The average Bonchev–Trinajstić information content (AvgIpc) is 3.01. The van der Waals surface area contributed by atoms with Crippen LogP contribution in [-0.4, -0.2) is 35.6 Å². The molecule has 2 aliphatic heterocycles. The zero-order valence-corrected chi connectivity index (χ0v) is 19.0. The van der Waals surface area contributed by atoms with Crippen LogP contribution in [0, 0.1) is 11.3 Å². The normalized spacial score (nSPS) is 23.4. The molecule has 0 aromatic heterocycles. The van der Waals surface area contributed by atoms with Crippen LogP contribution in [-0.2, 0) is 11.4 Å². The molecule has 1 unspecified atom stereocenters. The lowest BCUT2D eigenvalue weighted by Gasteiger charge is -2.39. The van der Waals surface area contributed by atoms with Crippen LogP contribution in [0.15, 0.2) is 48.5 Å². The number of hydrogen-bond acceptors (Lipinski definition) is 3. The summed E-state index contributed by atoms with van der Waals surface area (Å²) in [7, 11) is 0. The summed E-state index contributed by atoms with van der Waals surface area (Å²) in [6, 6.07) is 17.3. The molecule has 1 atom stereocenters. The first kappa shape index (κ1) is 21.5. The van der Waals surface area contributed by atoms with Crippen LogP contribution < -0.4 is 4.74 Å². The molecule has 32 heavy (non-hydrogen) atoms. The van der Waals surface area contributed by atoms with E-state index in [9.17, 15) is 9.90 Å². The number of para-hydroxylation sites is 1. The Hall–Kier alpha value is -2.33. The number of benzene rings is 2. The first-order chi connectivity index (χ1) is 15.7. The van der Waals surface area contributed by atoms with Crippen molar-refractivity contribution in [3.63, 3.8) is 0 Å². The van der Waals surface area contributed by atoms with E-state index in [1.165, 1.54) is 23.1 Å². The number of fused-ring (bicyclic) bond motifs is 2. The third-order valence-electron chi connectivity index (χ3n) is 8.30. The molecule has 0 radical (unpaired) electrons. The third-order valence-corrected chi connectivity index (χ3v) is 8.30. The Labute approximate surface area is 191 Å². The maximum atomic E-state index is 12.0. The third kappa shape index (κ3) is 4.17. The van der Waals surface area contributed by atoms with E-state index in [1.54, 1.807) is 0 Å². The number of likely N-dealkylation sites (tertiary alicyclic amines) is 1. The maximum Gasteiger partial charge on any atom is 0.309 e. The van der Waals surface area contributed by atoms with Crippen molar-refractivity contribution in [1.82, 2.24) is 4.90 Å². The van der Waals surface area contributed by atoms with Crippen LogP contribution in [0.4, 0.5) is 0 Å². The summed E-state index contributed by atoms with van der Waals surface area (Å²) in [5.41, 5.74) is 3.56. The minimum atomic E-state index is -0.571. The molecular formula is C28H35NO3. The van der Waals surface area contributed by atoms with Crippen LogP contribution in [0.2, 0.25) is 0 Å². The van der Waals surface area contributed by atoms with Crippen molar-refractivity contribution in [3.05, 3.63) is 65.2 Å². The summed E-state index contributed by atoms with van der Waals surface area (Å²) in [6.07, 6.45) is 8.13. The highest BCUT2D eigenvalue weighted by atomic mass is 16.5. The lowest BCUT2D eigenvalue weighted by molar-refractivity contribution is -0.152. The zero-order valence-electron chi connectivity index (χ0n) is 19.0. The Morgan fingerprint density at radius 2 is 1.66 bits per heavy atom.